The lowest BCUT2D eigenvalue weighted by atomic mass is 10.2. The summed E-state index contributed by atoms with van der Waals surface area (Å²) in [6.07, 6.45) is 2.78. The van der Waals surface area contributed by atoms with Gasteiger partial charge in [-0.1, -0.05) is 19.1 Å². The molecule has 0 fully saturated rings. The number of pyridine rings is 1. The molecule has 2 N–H and O–H groups in total. The maximum atomic E-state index is 5.76. The first-order valence-corrected chi connectivity index (χ1v) is 6.15. The number of ether oxygens (including phenoxy) is 1. The smallest absolute Gasteiger partial charge is 0.222 e. The summed E-state index contributed by atoms with van der Waals surface area (Å²) < 4.78 is 5.76. The van der Waals surface area contributed by atoms with E-state index in [4.69, 9.17) is 10.5 Å². The molecule has 3 heteroatoms. The topological polar surface area (TPSA) is 48.1 Å². The molecule has 18 heavy (non-hydrogen) atoms. The highest BCUT2D eigenvalue weighted by molar-refractivity contribution is 5.34. The molecule has 2 rings (SSSR count). The number of nitrogens with zero attached hydrogens (tertiary/aromatic N) is 1. The van der Waals surface area contributed by atoms with E-state index in [1.165, 1.54) is 5.56 Å². The Morgan fingerprint density at radius 1 is 1.17 bits per heavy atom. The summed E-state index contributed by atoms with van der Waals surface area (Å²) >= 11 is 0. The summed E-state index contributed by atoms with van der Waals surface area (Å²) in [4.78, 5) is 4.28. The monoisotopic (exact) mass is 242 g/mol. The first kappa shape index (κ1) is 12.6. The van der Waals surface area contributed by atoms with E-state index in [2.05, 4.69) is 24.0 Å². The van der Waals surface area contributed by atoms with E-state index in [9.17, 15) is 0 Å². The number of hydrogen-bond donors (Lipinski definition) is 1. The third-order valence-electron chi connectivity index (χ3n) is 2.87. The van der Waals surface area contributed by atoms with Crippen LogP contribution in [0.15, 0.2) is 36.5 Å². The largest absolute Gasteiger partial charge is 0.439 e. The molecule has 0 aliphatic heterocycles. The van der Waals surface area contributed by atoms with Crippen molar-refractivity contribution in [3.05, 3.63) is 53.2 Å². The Hall–Kier alpha value is -1.87. The van der Waals surface area contributed by atoms with Crippen molar-refractivity contribution in [1.82, 2.24) is 4.98 Å². The average molecular weight is 242 g/mol. The van der Waals surface area contributed by atoms with E-state index < -0.39 is 0 Å². The van der Waals surface area contributed by atoms with E-state index in [1.54, 1.807) is 6.20 Å². The Labute approximate surface area is 108 Å². The SMILES string of the molecule is CCc1ccc(Oc2ncc(CN)cc2C)cc1. The van der Waals surface area contributed by atoms with Gasteiger partial charge in [0.05, 0.1) is 0 Å². The second-order valence-corrected chi connectivity index (χ2v) is 4.27. The van der Waals surface area contributed by atoms with E-state index in [1.807, 2.05) is 25.1 Å². The molecule has 0 saturated heterocycles. The van der Waals surface area contributed by atoms with Gasteiger partial charge in [-0.2, -0.15) is 0 Å². The summed E-state index contributed by atoms with van der Waals surface area (Å²) in [5.41, 5.74) is 8.88. The first-order valence-electron chi connectivity index (χ1n) is 6.15. The van der Waals surface area contributed by atoms with Crippen LogP contribution < -0.4 is 10.5 Å². The number of aryl methyl sites for hydroxylation is 2. The third kappa shape index (κ3) is 2.87. The van der Waals surface area contributed by atoms with Gasteiger partial charge in [-0.05, 0) is 42.7 Å². The molecule has 0 bridgehead atoms. The van der Waals surface area contributed by atoms with Crippen LogP contribution in [0, 0.1) is 6.92 Å². The summed E-state index contributed by atoms with van der Waals surface area (Å²) in [5.74, 6) is 1.44. The quantitative estimate of drug-likeness (QED) is 0.895. The molecule has 0 saturated carbocycles. The van der Waals surface area contributed by atoms with Crippen LogP contribution in [0.1, 0.15) is 23.6 Å². The standard InChI is InChI=1S/C15H18N2O/c1-3-12-4-6-14(7-5-12)18-15-11(2)8-13(9-16)10-17-15/h4-8,10H,3,9,16H2,1-2H3. The average Bonchev–Trinajstić information content (AvgIpc) is 2.42. The molecule has 0 aliphatic carbocycles. The van der Waals surface area contributed by atoms with Gasteiger partial charge in [0.1, 0.15) is 5.75 Å². The lowest BCUT2D eigenvalue weighted by Crippen LogP contribution is -1.99. The molecule has 0 atom stereocenters. The molecule has 1 aromatic heterocycles. The Bertz CT molecular complexity index is 521. The summed E-state index contributed by atoms with van der Waals surface area (Å²) in [7, 11) is 0. The lowest BCUT2D eigenvalue weighted by molar-refractivity contribution is 0.458. The maximum absolute atomic E-state index is 5.76. The zero-order chi connectivity index (χ0) is 13.0. The van der Waals surface area contributed by atoms with Crippen LogP contribution >= 0.6 is 0 Å². The van der Waals surface area contributed by atoms with E-state index in [0.29, 0.717) is 12.4 Å². The first-order chi connectivity index (χ1) is 8.72. The van der Waals surface area contributed by atoms with Gasteiger partial charge in [-0.15, -0.1) is 0 Å². The zero-order valence-corrected chi connectivity index (χ0v) is 10.8. The van der Waals surface area contributed by atoms with Gasteiger partial charge in [0.2, 0.25) is 5.88 Å². The molecule has 2 aromatic rings. The van der Waals surface area contributed by atoms with Crippen molar-refractivity contribution in [2.45, 2.75) is 26.8 Å². The van der Waals surface area contributed by atoms with Crippen molar-refractivity contribution in [1.29, 1.82) is 0 Å². The Morgan fingerprint density at radius 2 is 1.89 bits per heavy atom. The molecule has 0 radical (unpaired) electrons. The Kier molecular flexibility index (Phi) is 3.95. The minimum Gasteiger partial charge on any atom is -0.439 e. The highest BCUT2D eigenvalue weighted by Gasteiger charge is 2.04. The fraction of sp³-hybridized carbons (Fsp3) is 0.267. The Morgan fingerprint density at radius 3 is 2.44 bits per heavy atom. The molecule has 94 valence electrons. The van der Waals surface area contributed by atoms with E-state index >= 15 is 0 Å². The Balaban J connectivity index is 2.17. The highest BCUT2D eigenvalue weighted by atomic mass is 16.5. The van der Waals surface area contributed by atoms with Gasteiger partial charge in [-0.3, -0.25) is 0 Å². The van der Waals surface area contributed by atoms with Crippen LogP contribution in [-0.2, 0) is 13.0 Å². The highest BCUT2D eigenvalue weighted by Crippen LogP contribution is 2.23. The van der Waals surface area contributed by atoms with Gasteiger partial charge in [-0.25, -0.2) is 4.98 Å². The van der Waals surface area contributed by atoms with Crippen molar-refractivity contribution >= 4 is 0 Å². The molecule has 0 amide bonds. The molecule has 1 heterocycles. The van der Waals surface area contributed by atoms with Crippen LogP contribution in [0.2, 0.25) is 0 Å². The molecular weight excluding hydrogens is 224 g/mol. The maximum Gasteiger partial charge on any atom is 0.222 e. The number of aromatic nitrogens is 1. The van der Waals surface area contributed by atoms with Gasteiger partial charge < -0.3 is 10.5 Å². The van der Waals surface area contributed by atoms with Crippen molar-refractivity contribution in [2.75, 3.05) is 0 Å². The van der Waals surface area contributed by atoms with Crippen molar-refractivity contribution in [3.8, 4) is 11.6 Å². The third-order valence-corrected chi connectivity index (χ3v) is 2.87. The predicted octanol–water partition coefficient (Wildman–Crippen LogP) is 3.20. The number of rotatable bonds is 4. The second-order valence-electron chi connectivity index (χ2n) is 4.27. The van der Waals surface area contributed by atoms with Crippen LogP contribution in [0.5, 0.6) is 11.6 Å². The van der Waals surface area contributed by atoms with Crippen LogP contribution in [-0.4, -0.2) is 4.98 Å². The van der Waals surface area contributed by atoms with Gasteiger partial charge >= 0.3 is 0 Å². The number of nitrogens with two attached hydrogens (primary N) is 1. The van der Waals surface area contributed by atoms with Gasteiger partial charge in [0.25, 0.3) is 0 Å². The van der Waals surface area contributed by atoms with Crippen molar-refractivity contribution in [3.63, 3.8) is 0 Å². The van der Waals surface area contributed by atoms with E-state index in [0.717, 1.165) is 23.3 Å². The fourth-order valence-corrected chi connectivity index (χ4v) is 1.74. The molecule has 0 aliphatic rings. The summed E-state index contributed by atoms with van der Waals surface area (Å²) in [5, 5.41) is 0. The normalized spacial score (nSPS) is 10.4. The zero-order valence-electron chi connectivity index (χ0n) is 10.8. The molecule has 0 spiro atoms. The number of hydrogen-bond acceptors (Lipinski definition) is 3. The lowest BCUT2D eigenvalue weighted by Gasteiger charge is -2.09. The summed E-state index contributed by atoms with van der Waals surface area (Å²) in [6, 6.07) is 10.1. The fourth-order valence-electron chi connectivity index (χ4n) is 1.74. The number of benzene rings is 1. The predicted molar refractivity (Wildman–Crippen MR) is 72.8 cm³/mol. The molecular formula is C15H18N2O. The van der Waals surface area contributed by atoms with Crippen molar-refractivity contribution < 1.29 is 4.74 Å². The van der Waals surface area contributed by atoms with Gasteiger partial charge in [0.15, 0.2) is 0 Å². The second kappa shape index (κ2) is 5.65. The minimum absolute atomic E-state index is 0.499. The van der Waals surface area contributed by atoms with E-state index in [-0.39, 0.29) is 0 Å². The van der Waals surface area contributed by atoms with Crippen molar-refractivity contribution in [2.24, 2.45) is 5.73 Å². The molecule has 1 aromatic carbocycles. The van der Waals surface area contributed by atoms with Crippen LogP contribution in [0.4, 0.5) is 0 Å². The van der Waals surface area contributed by atoms with Gasteiger partial charge in [0, 0.05) is 18.3 Å². The summed E-state index contributed by atoms with van der Waals surface area (Å²) in [6.45, 7) is 4.61. The minimum atomic E-state index is 0.499. The molecule has 3 nitrogen and oxygen atoms in total. The van der Waals surface area contributed by atoms with Crippen LogP contribution in [0.25, 0.3) is 0 Å². The van der Waals surface area contributed by atoms with Crippen LogP contribution in [0.3, 0.4) is 0 Å². The molecule has 0 unspecified atom stereocenters.